The van der Waals surface area contributed by atoms with E-state index in [0.717, 1.165) is 86.0 Å². The first kappa shape index (κ1) is 26.7. The summed E-state index contributed by atoms with van der Waals surface area (Å²) in [6.07, 6.45) is 14.3. The van der Waals surface area contributed by atoms with Crippen LogP contribution in [0, 0.1) is 0 Å². The summed E-state index contributed by atoms with van der Waals surface area (Å²) in [7, 11) is 0. The van der Waals surface area contributed by atoms with Crippen LogP contribution in [0.5, 0.6) is 0 Å². The number of nitrogens with zero attached hydrogens (tertiary/aromatic N) is 6. The van der Waals surface area contributed by atoms with E-state index in [-0.39, 0.29) is 0 Å². The zero-order valence-electron chi connectivity index (χ0n) is 23.0. The predicted octanol–water partition coefficient (Wildman–Crippen LogP) is 9.71. The highest BCUT2D eigenvalue weighted by Crippen LogP contribution is 2.53. The number of hydrogen-bond donors (Lipinski definition) is 0. The number of hydrogen-bond acceptors (Lipinski definition) is 6. The SMILES string of the molecule is Brc1ccc(-c2c(-c3cncnc3)c(-c3cncnc3)c(-c3ccc(Br)cc3)c3c4cccnc4c4ncccc4c23)cc1. The maximum Gasteiger partial charge on any atom is 0.115 e. The highest BCUT2D eigenvalue weighted by molar-refractivity contribution is 9.10. The number of halogens is 2. The van der Waals surface area contributed by atoms with Crippen molar-refractivity contribution in [1.82, 2.24) is 29.9 Å². The molecule has 0 amide bonds. The van der Waals surface area contributed by atoms with Gasteiger partial charge in [-0.2, -0.15) is 0 Å². The van der Waals surface area contributed by atoms with Crippen LogP contribution in [0.15, 0.2) is 132 Å². The average Bonchev–Trinajstić information content (AvgIpc) is 3.09. The monoisotopic (exact) mass is 694 g/mol. The van der Waals surface area contributed by atoms with Crippen molar-refractivity contribution in [3.05, 3.63) is 132 Å². The van der Waals surface area contributed by atoms with Gasteiger partial charge < -0.3 is 0 Å². The fourth-order valence-electron chi connectivity index (χ4n) is 6.12. The van der Waals surface area contributed by atoms with Gasteiger partial charge in [0.1, 0.15) is 12.7 Å². The molecule has 8 heteroatoms. The Kier molecular flexibility index (Phi) is 6.65. The minimum Gasteiger partial charge on any atom is -0.254 e. The number of rotatable bonds is 4. The summed E-state index contributed by atoms with van der Waals surface area (Å²) in [4.78, 5) is 27.7. The Bertz CT molecular complexity index is 2160. The summed E-state index contributed by atoms with van der Waals surface area (Å²) in [5.74, 6) is 0. The summed E-state index contributed by atoms with van der Waals surface area (Å²) in [5.41, 5.74) is 9.63. The van der Waals surface area contributed by atoms with Crippen molar-refractivity contribution >= 4 is 64.4 Å². The van der Waals surface area contributed by atoms with Gasteiger partial charge in [0.2, 0.25) is 0 Å². The van der Waals surface area contributed by atoms with E-state index < -0.39 is 0 Å². The topological polar surface area (TPSA) is 77.3 Å². The first-order valence-electron chi connectivity index (χ1n) is 13.9. The molecule has 0 fully saturated rings. The van der Waals surface area contributed by atoms with Crippen LogP contribution in [0.4, 0.5) is 0 Å². The van der Waals surface area contributed by atoms with Crippen LogP contribution in [-0.4, -0.2) is 29.9 Å². The summed E-state index contributed by atoms with van der Waals surface area (Å²) >= 11 is 7.29. The predicted molar refractivity (Wildman–Crippen MR) is 183 cm³/mol. The lowest BCUT2D eigenvalue weighted by atomic mass is 9.78. The van der Waals surface area contributed by atoms with Crippen LogP contribution in [0.3, 0.4) is 0 Å². The molecule has 0 atom stereocenters. The van der Waals surface area contributed by atoms with Crippen molar-refractivity contribution in [2.45, 2.75) is 0 Å². The zero-order valence-corrected chi connectivity index (χ0v) is 26.2. The fraction of sp³-hybridized carbons (Fsp3) is 0. The van der Waals surface area contributed by atoms with E-state index >= 15 is 0 Å². The minimum atomic E-state index is 0.849. The second kappa shape index (κ2) is 11.0. The Morgan fingerprint density at radius 1 is 0.409 bits per heavy atom. The van der Waals surface area contributed by atoms with Crippen LogP contribution < -0.4 is 0 Å². The lowest BCUT2D eigenvalue weighted by molar-refractivity contribution is 1.16. The third kappa shape index (κ3) is 4.37. The largest absolute Gasteiger partial charge is 0.254 e. The lowest BCUT2D eigenvalue weighted by Crippen LogP contribution is -2.00. The van der Waals surface area contributed by atoms with E-state index in [9.17, 15) is 0 Å². The van der Waals surface area contributed by atoms with E-state index in [4.69, 9.17) is 9.97 Å². The molecule has 0 spiro atoms. The number of aromatic nitrogens is 6. The smallest absolute Gasteiger partial charge is 0.115 e. The second-order valence-corrected chi connectivity index (χ2v) is 12.1. The van der Waals surface area contributed by atoms with Gasteiger partial charge in [0.25, 0.3) is 0 Å². The van der Waals surface area contributed by atoms with Crippen molar-refractivity contribution in [1.29, 1.82) is 0 Å². The van der Waals surface area contributed by atoms with Crippen LogP contribution in [0.1, 0.15) is 0 Å². The van der Waals surface area contributed by atoms with E-state index in [1.807, 2.05) is 49.3 Å². The second-order valence-electron chi connectivity index (χ2n) is 10.3. The molecule has 0 radical (unpaired) electrons. The standard InChI is InChI=1S/C36H20Br2N6/c37-25-9-5-21(6-10-25)29-31(23-15-39-19-40-16-23)32(24-17-41-20-42-18-24)30(22-7-11-26(38)12-8-22)34-28-4-2-14-44-36(28)35-27(33(29)34)3-1-13-43-35/h1-20H. The van der Waals surface area contributed by atoms with Gasteiger partial charge in [-0.05, 0) is 58.7 Å². The molecule has 0 unspecified atom stereocenters. The molecule has 0 aliphatic rings. The number of benzene rings is 4. The quantitative estimate of drug-likeness (QED) is 0.171. The molecule has 44 heavy (non-hydrogen) atoms. The molecule has 4 heterocycles. The minimum absolute atomic E-state index is 0.849. The van der Waals surface area contributed by atoms with Crippen molar-refractivity contribution in [3.8, 4) is 44.5 Å². The van der Waals surface area contributed by atoms with Crippen LogP contribution in [-0.2, 0) is 0 Å². The molecule has 6 nitrogen and oxygen atoms in total. The highest BCUT2D eigenvalue weighted by Gasteiger charge is 2.28. The molecule has 0 aliphatic carbocycles. The third-order valence-corrected chi connectivity index (χ3v) is 8.90. The van der Waals surface area contributed by atoms with Gasteiger partial charge in [0.05, 0.1) is 11.0 Å². The summed E-state index contributed by atoms with van der Waals surface area (Å²) in [6, 6.07) is 25.1. The van der Waals surface area contributed by atoms with Gasteiger partial charge in [0.15, 0.2) is 0 Å². The maximum absolute atomic E-state index is 4.88. The molecule has 0 aliphatic heterocycles. The third-order valence-electron chi connectivity index (χ3n) is 7.84. The van der Waals surface area contributed by atoms with Crippen molar-refractivity contribution in [2.75, 3.05) is 0 Å². The Labute approximate surface area is 269 Å². The summed E-state index contributed by atoms with van der Waals surface area (Å²) in [6.45, 7) is 0. The van der Waals surface area contributed by atoms with Crippen molar-refractivity contribution in [2.24, 2.45) is 0 Å². The highest BCUT2D eigenvalue weighted by atomic mass is 79.9. The Morgan fingerprint density at radius 3 is 1.18 bits per heavy atom. The average molecular weight is 696 g/mol. The molecular weight excluding hydrogens is 676 g/mol. The molecule has 0 saturated carbocycles. The van der Waals surface area contributed by atoms with Crippen LogP contribution in [0.2, 0.25) is 0 Å². The Hall–Kier alpha value is -4.92. The summed E-state index contributed by atoms with van der Waals surface area (Å²) < 4.78 is 2.00. The van der Waals surface area contributed by atoms with Crippen molar-refractivity contribution in [3.63, 3.8) is 0 Å². The first-order chi connectivity index (χ1) is 21.7. The molecule has 0 saturated heterocycles. The molecule has 4 aromatic carbocycles. The van der Waals surface area contributed by atoms with Gasteiger partial charge in [-0.3, -0.25) is 9.97 Å². The van der Waals surface area contributed by atoms with Gasteiger partial charge in [-0.25, -0.2) is 19.9 Å². The molecule has 8 aromatic rings. The molecule has 4 aromatic heterocycles. The first-order valence-corrected chi connectivity index (χ1v) is 15.5. The molecule has 0 bridgehead atoms. The fourth-order valence-corrected chi connectivity index (χ4v) is 6.65. The van der Waals surface area contributed by atoms with Gasteiger partial charge >= 0.3 is 0 Å². The normalized spacial score (nSPS) is 11.4. The Balaban J connectivity index is 1.76. The van der Waals surface area contributed by atoms with Gasteiger partial charge in [-0.1, -0.05) is 68.3 Å². The number of fused-ring (bicyclic) bond motifs is 6. The molecule has 8 rings (SSSR count). The molecule has 0 N–H and O–H groups in total. The van der Waals surface area contributed by atoms with E-state index in [1.165, 1.54) is 0 Å². The van der Waals surface area contributed by atoms with E-state index in [2.05, 4.69) is 112 Å². The van der Waals surface area contributed by atoms with E-state index in [0.29, 0.717) is 0 Å². The van der Waals surface area contributed by atoms with Gasteiger partial charge in [-0.15, -0.1) is 0 Å². The lowest BCUT2D eigenvalue weighted by Gasteiger charge is -2.25. The summed E-state index contributed by atoms with van der Waals surface area (Å²) in [5, 5.41) is 4.18. The molecular formula is C36H20Br2N6. The van der Waals surface area contributed by atoms with Gasteiger partial charge in [0, 0.05) is 89.9 Å². The van der Waals surface area contributed by atoms with Crippen LogP contribution in [0.25, 0.3) is 77.1 Å². The van der Waals surface area contributed by atoms with E-state index in [1.54, 1.807) is 12.7 Å². The number of pyridine rings is 2. The van der Waals surface area contributed by atoms with Crippen LogP contribution >= 0.6 is 31.9 Å². The van der Waals surface area contributed by atoms with Crippen molar-refractivity contribution < 1.29 is 0 Å². The zero-order chi connectivity index (χ0) is 29.6. The Morgan fingerprint density at radius 2 is 0.795 bits per heavy atom. The maximum atomic E-state index is 4.88. The molecule has 208 valence electrons.